The van der Waals surface area contributed by atoms with Crippen LogP contribution in [0.3, 0.4) is 0 Å². The summed E-state index contributed by atoms with van der Waals surface area (Å²) in [7, 11) is 1.64. The number of ether oxygens (including phenoxy) is 1. The number of nitrogens with zero attached hydrogens (tertiary/aromatic N) is 1. The first-order chi connectivity index (χ1) is 9.20. The summed E-state index contributed by atoms with van der Waals surface area (Å²) in [4.78, 5) is 13.4. The predicted octanol–water partition coefficient (Wildman–Crippen LogP) is 2.52. The number of methoxy groups -OCH3 is 1. The summed E-state index contributed by atoms with van der Waals surface area (Å²) in [5.41, 5.74) is 1.10. The second kappa shape index (κ2) is 6.57. The fraction of sp³-hybridized carbons (Fsp3) is 0.533. The standard InChI is InChI=1S/C15H21NO3/c1-19-13-7-5-6-12(10-13)11-16-9-4-2-3-8-14(16)15(17)18/h5-7,10,14H,2-4,8-9,11H2,1H3,(H,17,18). The van der Waals surface area contributed by atoms with Gasteiger partial charge in [-0.25, -0.2) is 0 Å². The maximum Gasteiger partial charge on any atom is 0.320 e. The molecule has 0 radical (unpaired) electrons. The van der Waals surface area contributed by atoms with E-state index in [4.69, 9.17) is 4.74 Å². The van der Waals surface area contributed by atoms with E-state index in [9.17, 15) is 9.90 Å². The van der Waals surface area contributed by atoms with Crippen LogP contribution in [0.4, 0.5) is 0 Å². The number of hydrogen-bond donors (Lipinski definition) is 1. The van der Waals surface area contributed by atoms with Crippen LogP contribution >= 0.6 is 0 Å². The molecule has 1 N–H and O–H groups in total. The van der Waals surface area contributed by atoms with Gasteiger partial charge in [0.1, 0.15) is 11.8 Å². The molecule has 0 bridgehead atoms. The van der Waals surface area contributed by atoms with Crippen molar-refractivity contribution in [3.63, 3.8) is 0 Å². The lowest BCUT2D eigenvalue weighted by molar-refractivity contribution is -0.143. The van der Waals surface area contributed by atoms with E-state index in [-0.39, 0.29) is 6.04 Å². The number of benzene rings is 1. The van der Waals surface area contributed by atoms with Crippen LogP contribution in [-0.2, 0) is 11.3 Å². The van der Waals surface area contributed by atoms with E-state index in [2.05, 4.69) is 4.90 Å². The Bertz CT molecular complexity index is 433. The first-order valence-electron chi connectivity index (χ1n) is 6.80. The van der Waals surface area contributed by atoms with Gasteiger partial charge in [0.15, 0.2) is 0 Å². The highest BCUT2D eigenvalue weighted by molar-refractivity contribution is 5.73. The van der Waals surface area contributed by atoms with Gasteiger partial charge in [0, 0.05) is 6.54 Å². The van der Waals surface area contributed by atoms with Crippen LogP contribution in [0.5, 0.6) is 5.75 Å². The highest BCUT2D eigenvalue weighted by Gasteiger charge is 2.26. The minimum Gasteiger partial charge on any atom is -0.497 e. The van der Waals surface area contributed by atoms with Gasteiger partial charge in [0.05, 0.1) is 7.11 Å². The molecular weight excluding hydrogens is 242 g/mol. The Morgan fingerprint density at radius 1 is 1.42 bits per heavy atom. The molecule has 1 aliphatic rings. The third kappa shape index (κ3) is 3.70. The Morgan fingerprint density at radius 2 is 2.26 bits per heavy atom. The molecule has 1 aromatic rings. The summed E-state index contributed by atoms with van der Waals surface area (Å²) in [5, 5.41) is 9.35. The summed E-state index contributed by atoms with van der Waals surface area (Å²) < 4.78 is 5.21. The van der Waals surface area contributed by atoms with Crippen molar-refractivity contribution in [2.45, 2.75) is 38.3 Å². The second-order valence-corrected chi connectivity index (χ2v) is 5.03. The molecule has 0 spiro atoms. The molecule has 1 fully saturated rings. The van der Waals surface area contributed by atoms with Crippen molar-refractivity contribution in [2.24, 2.45) is 0 Å². The number of carbonyl (C=O) groups is 1. The molecule has 1 heterocycles. The Hall–Kier alpha value is -1.55. The van der Waals surface area contributed by atoms with Gasteiger partial charge in [-0.05, 0) is 37.1 Å². The average Bonchev–Trinajstić information content (AvgIpc) is 2.64. The van der Waals surface area contributed by atoms with Crippen LogP contribution in [0.1, 0.15) is 31.2 Å². The quantitative estimate of drug-likeness (QED) is 0.907. The number of likely N-dealkylation sites (tertiary alicyclic amines) is 1. The summed E-state index contributed by atoms with van der Waals surface area (Å²) >= 11 is 0. The fourth-order valence-corrected chi connectivity index (χ4v) is 2.64. The minimum absolute atomic E-state index is 0.353. The minimum atomic E-state index is -0.704. The molecule has 0 amide bonds. The highest BCUT2D eigenvalue weighted by Crippen LogP contribution is 2.21. The van der Waals surface area contributed by atoms with Crippen LogP contribution in [0, 0.1) is 0 Å². The van der Waals surface area contributed by atoms with E-state index in [0.29, 0.717) is 6.54 Å². The number of rotatable bonds is 4. The van der Waals surface area contributed by atoms with Gasteiger partial charge < -0.3 is 9.84 Å². The monoisotopic (exact) mass is 263 g/mol. The first-order valence-corrected chi connectivity index (χ1v) is 6.80. The summed E-state index contributed by atoms with van der Waals surface area (Å²) in [6.45, 7) is 1.53. The molecule has 0 aliphatic carbocycles. The normalized spacial score (nSPS) is 20.8. The molecule has 1 unspecified atom stereocenters. The molecule has 1 atom stereocenters. The lowest BCUT2D eigenvalue weighted by atomic mass is 10.1. The Balaban J connectivity index is 2.11. The van der Waals surface area contributed by atoms with E-state index in [1.807, 2.05) is 24.3 Å². The zero-order chi connectivity index (χ0) is 13.7. The smallest absolute Gasteiger partial charge is 0.320 e. The van der Waals surface area contributed by atoms with Crippen molar-refractivity contribution in [2.75, 3.05) is 13.7 Å². The number of carboxylic acid groups (broad SMARTS) is 1. The van der Waals surface area contributed by atoms with Crippen LogP contribution in [0.15, 0.2) is 24.3 Å². The van der Waals surface area contributed by atoms with E-state index in [1.54, 1.807) is 7.11 Å². The third-order valence-corrected chi connectivity index (χ3v) is 3.67. The number of aliphatic carboxylic acids is 1. The van der Waals surface area contributed by atoms with E-state index >= 15 is 0 Å². The van der Waals surface area contributed by atoms with Gasteiger partial charge in [0.2, 0.25) is 0 Å². The van der Waals surface area contributed by atoms with Crippen molar-refractivity contribution in [1.29, 1.82) is 0 Å². The third-order valence-electron chi connectivity index (χ3n) is 3.67. The van der Waals surface area contributed by atoms with Gasteiger partial charge in [-0.3, -0.25) is 9.69 Å². The summed E-state index contributed by atoms with van der Waals surface area (Å²) in [5.74, 6) is 0.115. The number of carboxylic acids is 1. The average molecular weight is 263 g/mol. The van der Waals surface area contributed by atoms with Crippen molar-refractivity contribution >= 4 is 5.97 Å². The van der Waals surface area contributed by atoms with Crippen LogP contribution in [-0.4, -0.2) is 35.7 Å². The van der Waals surface area contributed by atoms with Gasteiger partial charge in [-0.15, -0.1) is 0 Å². The van der Waals surface area contributed by atoms with Gasteiger partial charge in [-0.2, -0.15) is 0 Å². The molecule has 1 aromatic carbocycles. The molecule has 19 heavy (non-hydrogen) atoms. The van der Waals surface area contributed by atoms with Crippen LogP contribution in [0.2, 0.25) is 0 Å². The van der Waals surface area contributed by atoms with Crippen molar-refractivity contribution in [1.82, 2.24) is 4.90 Å². The summed E-state index contributed by atoms with van der Waals surface area (Å²) in [6.07, 6.45) is 3.96. The molecule has 4 heteroatoms. The van der Waals surface area contributed by atoms with Gasteiger partial charge >= 0.3 is 5.97 Å². The largest absolute Gasteiger partial charge is 0.497 e. The Labute approximate surface area is 114 Å². The maximum atomic E-state index is 11.4. The van der Waals surface area contributed by atoms with Crippen molar-refractivity contribution < 1.29 is 14.6 Å². The fourth-order valence-electron chi connectivity index (χ4n) is 2.64. The van der Waals surface area contributed by atoms with E-state index in [1.165, 1.54) is 0 Å². The van der Waals surface area contributed by atoms with Crippen molar-refractivity contribution in [3.8, 4) is 5.75 Å². The molecule has 1 saturated heterocycles. The number of hydrogen-bond acceptors (Lipinski definition) is 3. The molecule has 2 rings (SSSR count). The van der Waals surface area contributed by atoms with Crippen LogP contribution < -0.4 is 4.74 Å². The van der Waals surface area contributed by atoms with Crippen molar-refractivity contribution in [3.05, 3.63) is 29.8 Å². The zero-order valence-corrected chi connectivity index (χ0v) is 11.3. The molecule has 4 nitrogen and oxygen atoms in total. The lowest BCUT2D eigenvalue weighted by Gasteiger charge is -2.26. The zero-order valence-electron chi connectivity index (χ0n) is 11.3. The SMILES string of the molecule is COc1cccc(CN2CCCCCC2C(=O)O)c1. The van der Waals surface area contributed by atoms with Gasteiger partial charge in [0.25, 0.3) is 0 Å². The second-order valence-electron chi connectivity index (χ2n) is 5.03. The molecule has 1 aliphatic heterocycles. The van der Waals surface area contributed by atoms with E-state index in [0.717, 1.165) is 43.5 Å². The molecule has 0 aromatic heterocycles. The highest BCUT2D eigenvalue weighted by atomic mass is 16.5. The predicted molar refractivity (Wildman–Crippen MR) is 73.3 cm³/mol. The molecule has 104 valence electrons. The lowest BCUT2D eigenvalue weighted by Crippen LogP contribution is -2.40. The molecule has 0 saturated carbocycles. The Morgan fingerprint density at radius 3 is 3.00 bits per heavy atom. The maximum absolute atomic E-state index is 11.4. The topological polar surface area (TPSA) is 49.8 Å². The first kappa shape index (κ1) is 13.9. The Kier molecular flexibility index (Phi) is 4.80. The van der Waals surface area contributed by atoms with Gasteiger partial charge in [-0.1, -0.05) is 25.0 Å². The van der Waals surface area contributed by atoms with E-state index < -0.39 is 5.97 Å². The summed E-state index contributed by atoms with van der Waals surface area (Å²) in [6, 6.07) is 7.49. The molecular formula is C15H21NO3. The van der Waals surface area contributed by atoms with Crippen LogP contribution in [0.25, 0.3) is 0 Å².